The van der Waals surface area contributed by atoms with Gasteiger partial charge in [-0.2, -0.15) is 0 Å². The highest BCUT2D eigenvalue weighted by Crippen LogP contribution is 2.32. The number of carboxylic acid groups (broad SMARTS) is 1. The SMILES string of the molecule is CCCC(O)(CCC)CC(=O)N1CCCC1(C)C(=O)O. The Labute approximate surface area is 121 Å². The number of amides is 1. The van der Waals surface area contributed by atoms with Crippen molar-refractivity contribution in [2.24, 2.45) is 0 Å². The van der Waals surface area contributed by atoms with Crippen LogP contribution >= 0.6 is 0 Å². The first-order valence-corrected chi connectivity index (χ1v) is 7.55. The van der Waals surface area contributed by atoms with Crippen LogP contribution in [0.15, 0.2) is 0 Å². The van der Waals surface area contributed by atoms with Gasteiger partial charge in [0.2, 0.25) is 5.91 Å². The summed E-state index contributed by atoms with van der Waals surface area (Å²) in [5, 5.41) is 19.9. The predicted molar refractivity (Wildman–Crippen MR) is 76.4 cm³/mol. The Balaban J connectivity index is 2.81. The van der Waals surface area contributed by atoms with Crippen molar-refractivity contribution in [1.29, 1.82) is 0 Å². The minimum Gasteiger partial charge on any atom is -0.480 e. The second kappa shape index (κ2) is 6.57. The minimum atomic E-state index is -1.11. The second-order valence-electron chi connectivity index (χ2n) is 6.13. The van der Waals surface area contributed by atoms with Crippen LogP contribution in [-0.2, 0) is 9.59 Å². The van der Waals surface area contributed by atoms with E-state index in [9.17, 15) is 19.8 Å². The summed E-state index contributed by atoms with van der Waals surface area (Å²) in [6, 6.07) is 0. The topological polar surface area (TPSA) is 77.8 Å². The second-order valence-corrected chi connectivity index (χ2v) is 6.13. The molecule has 20 heavy (non-hydrogen) atoms. The van der Waals surface area contributed by atoms with E-state index in [4.69, 9.17) is 0 Å². The van der Waals surface area contributed by atoms with E-state index in [0.717, 1.165) is 12.8 Å². The molecule has 1 unspecified atom stereocenters. The van der Waals surface area contributed by atoms with Crippen LogP contribution in [0.2, 0.25) is 0 Å². The number of aliphatic carboxylic acids is 1. The maximum Gasteiger partial charge on any atom is 0.329 e. The van der Waals surface area contributed by atoms with Gasteiger partial charge in [-0.25, -0.2) is 4.79 Å². The molecule has 0 aromatic rings. The number of hydrogen-bond donors (Lipinski definition) is 2. The molecule has 1 aliphatic rings. The summed E-state index contributed by atoms with van der Waals surface area (Å²) in [4.78, 5) is 25.3. The molecule has 1 amide bonds. The van der Waals surface area contributed by atoms with Crippen LogP contribution in [0.25, 0.3) is 0 Å². The Morgan fingerprint density at radius 1 is 1.25 bits per heavy atom. The summed E-state index contributed by atoms with van der Waals surface area (Å²) in [5.41, 5.74) is -2.11. The fourth-order valence-corrected chi connectivity index (χ4v) is 3.19. The lowest BCUT2D eigenvalue weighted by molar-refractivity contribution is -0.157. The van der Waals surface area contributed by atoms with E-state index in [1.807, 2.05) is 13.8 Å². The zero-order valence-electron chi connectivity index (χ0n) is 12.8. The van der Waals surface area contributed by atoms with Crippen molar-refractivity contribution in [3.8, 4) is 0 Å². The lowest BCUT2D eigenvalue weighted by Gasteiger charge is -2.35. The minimum absolute atomic E-state index is 0.0253. The number of carbonyl (C=O) groups excluding carboxylic acids is 1. The van der Waals surface area contributed by atoms with Gasteiger partial charge in [0.15, 0.2) is 0 Å². The largest absolute Gasteiger partial charge is 0.480 e. The highest BCUT2D eigenvalue weighted by Gasteiger charge is 2.47. The Bertz CT molecular complexity index is 363. The van der Waals surface area contributed by atoms with Crippen molar-refractivity contribution in [2.45, 2.75) is 76.9 Å². The maximum absolute atomic E-state index is 12.4. The highest BCUT2D eigenvalue weighted by atomic mass is 16.4. The van der Waals surface area contributed by atoms with E-state index in [-0.39, 0.29) is 12.3 Å². The molecule has 5 nitrogen and oxygen atoms in total. The summed E-state index contributed by atoms with van der Waals surface area (Å²) >= 11 is 0. The van der Waals surface area contributed by atoms with Gasteiger partial charge in [0, 0.05) is 6.54 Å². The van der Waals surface area contributed by atoms with E-state index in [1.165, 1.54) is 4.90 Å². The third-order valence-corrected chi connectivity index (χ3v) is 4.31. The van der Waals surface area contributed by atoms with Gasteiger partial charge in [0.1, 0.15) is 5.54 Å². The lowest BCUT2D eigenvalue weighted by atomic mass is 9.88. The number of carboxylic acids is 1. The molecule has 0 radical (unpaired) electrons. The number of nitrogens with zero attached hydrogens (tertiary/aromatic N) is 1. The van der Waals surface area contributed by atoms with E-state index < -0.39 is 17.1 Å². The number of rotatable bonds is 7. The molecule has 1 heterocycles. The third kappa shape index (κ3) is 3.51. The molecule has 0 aromatic heterocycles. The smallest absolute Gasteiger partial charge is 0.329 e. The van der Waals surface area contributed by atoms with Gasteiger partial charge >= 0.3 is 5.97 Å². The number of carbonyl (C=O) groups is 2. The number of aliphatic hydroxyl groups is 1. The fraction of sp³-hybridized carbons (Fsp3) is 0.867. The van der Waals surface area contributed by atoms with Crippen molar-refractivity contribution >= 4 is 11.9 Å². The van der Waals surface area contributed by atoms with Crippen LogP contribution in [0.4, 0.5) is 0 Å². The van der Waals surface area contributed by atoms with Gasteiger partial charge in [-0.3, -0.25) is 4.79 Å². The van der Waals surface area contributed by atoms with E-state index in [1.54, 1.807) is 6.92 Å². The van der Waals surface area contributed by atoms with Crippen LogP contribution < -0.4 is 0 Å². The van der Waals surface area contributed by atoms with Crippen LogP contribution in [0, 0.1) is 0 Å². The first-order valence-electron chi connectivity index (χ1n) is 7.55. The van der Waals surface area contributed by atoms with Crippen LogP contribution in [-0.4, -0.2) is 44.7 Å². The summed E-state index contributed by atoms with van der Waals surface area (Å²) < 4.78 is 0. The summed E-state index contributed by atoms with van der Waals surface area (Å²) in [6.07, 6.45) is 3.97. The van der Waals surface area contributed by atoms with E-state index >= 15 is 0 Å². The van der Waals surface area contributed by atoms with E-state index in [0.29, 0.717) is 32.2 Å². The number of likely N-dealkylation sites (tertiary alicyclic amines) is 1. The van der Waals surface area contributed by atoms with Crippen LogP contribution in [0.5, 0.6) is 0 Å². The Hall–Kier alpha value is -1.10. The monoisotopic (exact) mass is 285 g/mol. The van der Waals surface area contributed by atoms with Crippen molar-refractivity contribution in [2.75, 3.05) is 6.54 Å². The zero-order chi connectivity index (χ0) is 15.4. The first-order chi connectivity index (χ1) is 9.29. The van der Waals surface area contributed by atoms with Gasteiger partial charge in [-0.15, -0.1) is 0 Å². The van der Waals surface area contributed by atoms with Crippen molar-refractivity contribution < 1.29 is 19.8 Å². The number of hydrogen-bond acceptors (Lipinski definition) is 3. The molecule has 1 saturated heterocycles. The molecular weight excluding hydrogens is 258 g/mol. The van der Waals surface area contributed by atoms with Gasteiger partial charge < -0.3 is 15.1 Å². The molecule has 116 valence electrons. The first kappa shape index (κ1) is 17.0. The van der Waals surface area contributed by atoms with Gasteiger partial charge in [0.05, 0.1) is 12.0 Å². The Morgan fingerprint density at radius 2 is 1.80 bits per heavy atom. The van der Waals surface area contributed by atoms with Gasteiger partial charge in [0.25, 0.3) is 0 Å². The van der Waals surface area contributed by atoms with E-state index in [2.05, 4.69) is 0 Å². The molecule has 0 spiro atoms. The van der Waals surface area contributed by atoms with Crippen LogP contribution in [0.1, 0.15) is 65.7 Å². The zero-order valence-corrected chi connectivity index (χ0v) is 12.8. The Kier molecular flexibility index (Phi) is 5.57. The maximum atomic E-state index is 12.4. The molecule has 0 saturated carbocycles. The molecule has 0 aromatic carbocycles. The standard InChI is InChI=1S/C15H27NO4/c1-4-7-15(20,8-5-2)11-12(17)16-10-6-9-14(16,3)13(18)19/h20H,4-11H2,1-3H3,(H,18,19). The summed E-state index contributed by atoms with van der Waals surface area (Å²) in [5.74, 6) is -1.20. The lowest BCUT2D eigenvalue weighted by Crippen LogP contribution is -2.52. The molecule has 0 aliphatic carbocycles. The average molecular weight is 285 g/mol. The molecular formula is C15H27NO4. The molecule has 2 N–H and O–H groups in total. The summed E-state index contributed by atoms with van der Waals surface area (Å²) in [7, 11) is 0. The highest BCUT2D eigenvalue weighted by molar-refractivity contribution is 5.87. The van der Waals surface area contributed by atoms with Gasteiger partial charge in [-0.05, 0) is 32.6 Å². The molecule has 1 atom stereocenters. The molecule has 1 rings (SSSR count). The third-order valence-electron chi connectivity index (χ3n) is 4.31. The Morgan fingerprint density at radius 3 is 2.25 bits per heavy atom. The molecule has 1 fully saturated rings. The normalized spacial score (nSPS) is 23.1. The quantitative estimate of drug-likeness (QED) is 0.751. The molecule has 0 bridgehead atoms. The van der Waals surface area contributed by atoms with Crippen molar-refractivity contribution in [1.82, 2.24) is 4.90 Å². The summed E-state index contributed by atoms with van der Waals surface area (Å²) in [6.45, 7) is 6.01. The van der Waals surface area contributed by atoms with Crippen molar-refractivity contribution in [3.63, 3.8) is 0 Å². The fourth-order valence-electron chi connectivity index (χ4n) is 3.19. The average Bonchev–Trinajstić information content (AvgIpc) is 2.73. The molecule has 5 heteroatoms. The predicted octanol–water partition coefficient (Wildman–Crippen LogP) is 2.17. The van der Waals surface area contributed by atoms with Crippen molar-refractivity contribution in [3.05, 3.63) is 0 Å². The van der Waals surface area contributed by atoms with Gasteiger partial charge in [-0.1, -0.05) is 26.7 Å². The van der Waals surface area contributed by atoms with Crippen LogP contribution in [0.3, 0.4) is 0 Å². The molecule has 1 aliphatic heterocycles.